The SMILES string of the molecule is COc1cc([N+](=O)[O-])cnc1N1CC2(COC2)C1. The second-order valence-electron chi connectivity index (χ2n) is 4.83. The Morgan fingerprint density at radius 1 is 1.56 bits per heavy atom. The van der Waals surface area contributed by atoms with Gasteiger partial charge < -0.3 is 14.4 Å². The van der Waals surface area contributed by atoms with Crippen LogP contribution >= 0.6 is 0 Å². The van der Waals surface area contributed by atoms with Crippen LogP contribution in [-0.2, 0) is 4.74 Å². The largest absolute Gasteiger partial charge is 0.493 e. The van der Waals surface area contributed by atoms with E-state index < -0.39 is 4.92 Å². The molecule has 0 aromatic carbocycles. The van der Waals surface area contributed by atoms with Gasteiger partial charge in [0.15, 0.2) is 11.6 Å². The molecule has 1 spiro atoms. The quantitative estimate of drug-likeness (QED) is 0.585. The molecule has 0 amide bonds. The van der Waals surface area contributed by atoms with Crippen LogP contribution in [0, 0.1) is 15.5 Å². The van der Waals surface area contributed by atoms with E-state index in [1.165, 1.54) is 19.4 Å². The van der Waals surface area contributed by atoms with Gasteiger partial charge in [-0.1, -0.05) is 0 Å². The molecule has 0 N–H and O–H groups in total. The van der Waals surface area contributed by atoms with Crippen molar-refractivity contribution in [3.8, 4) is 5.75 Å². The zero-order chi connectivity index (χ0) is 12.8. The highest BCUT2D eigenvalue weighted by Gasteiger charge is 2.50. The van der Waals surface area contributed by atoms with Crippen LogP contribution in [0.3, 0.4) is 0 Å². The highest BCUT2D eigenvalue weighted by molar-refractivity contribution is 5.58. The van der Waals surface area contributed by atoms with Crippen LogP contribution < -0.4 is 9.64 Å². The molecule has 18 heavy (non-hydrogen) atoms. The molecule has 7 nitrogen and oxygen atoms in total. The lowest BCUT2D eigenvalue weighted by Crippen LogP contribution is -2.66. The zero-order valence-electron chi connectivity index (χ0n) is 9.96. The molecule has 96 valence electrons. The Labute approximate surface area is 103 Å². The topological polar surface area (TPSA) is 77.7 Å². The minimum absolute atomic E-state index is 0.0576. The van der Waals surface area contributed by atoms with Gasteiger partial charge in [0, 0.05) is 13.1 Å². The van der Waals surface area contributed by atoms with E-state index >= 15 is 0 Å². The fraction of sp³-hybridized carbons (Fsp3) is 0.545. The molecule has 0 bridgehead atoms. The minimum Gasteiger partial charge on any atom is -0.493 e. The molecule has 2 saturated heterocycles. The summed E-state index contributed by atoms with van der Waals surface area (Å²) in [5.41, 5.74) is 0.215. The van der Waals surface area contributed by atoms with Gasteiger partial charge >= 0.3 is 0 Å². The maximum absolute atomic E-state index is 10.7. The Bertz CT molecular complexity index is 493. The molecule has 1 aromatic rings. The van der Waals surface area contributed by atoms with Crippen LogP contribution in [-0.4, -0.2) is 43.3 Å². The predicted octanol–water partition coefficient (Wildman–Crippen LogP) is 0.835. The number of hydrogen-bond acceptors (Lipinski definition) is 6. The van der Waals surface area contributed by atoms with Gasteiger partial charge in [-0.15, -0.1) is 0 Å². The van der Waals surface area contributed by atoms with Gasteiger partial charge in [0.2, 0.25) is 0 Å². The molecule has 2 aliphatic rings. The summed E-state index contributed by atoms with van der Waals surface area (Å²) in [6.07, 6.45) is 1.26. The van der Waals surface area contributed by atoms with Gasteiger partial charge in [0.25, 0.3) is 5.69 Å². The lowest BCUT2D eigenvalue weighted by Gasteiger charge is -2.55. The van der Waals surface area contributed by atoms with E-state index in [1.54, 1.807) is 0 Å². The molecule has 3 rings (SSSR count). The van der Waals surface area contributed by atoms with Crippen LogP contribution in [0.1, 0.15) is 0 Å². The molecule has 7 heteroatoms. The second-order valence-corrected chi connectivity index (χ2v) is 4.83. The Kier molecular flexibility index (Phi) is 2.37. The Morgan fingerprint density at radius 3 is 2.78 bits per heavy atom. The third kappa shape index (κ3) is 1.59. The number of nitro groups is 1. The third-order valence-electron chi connectivity index (χ3n) is 3.42. The first-order valence-electron chi connectivity index (χ1n) is 5.65. The van der Waals surface area contributed by atoms with Crippen molar-refractivity contribution in [1.82, 2.24) is 4.98 Å². The van der Waals surface area contributed by atoms with E-state index in [-0.39, 0.29) is 11.1 Å². The van der Waals surface area contributed by atoms with E-state index in [0.29, 0.717) is 11.6 Å². The van der Waals surface area contributed by atoms with Crippen molar-refractivity contribution in [2.45, 2.75) is 0 Å². The minimum atomic E-state index is -0.476. The number of ether oxygens (including phenoxy) is 2. The van der Waals surface area contributed by atoms with E-state index in [2.05, 4.69) is 9.88 Å². The Hall–Kier alpha value is -1.89. The third-order valence-corrected chi connectivity index (χ3v) is 3.42. The van der Waals surface area contributed by atoms with E-state index in [0.717, 1.165) is 26.3 Å². The lowest BCUT2D eigenvalue weighted by atomic mass is 9.78. The van der Waals surface area contributed by atoms with Crippen molar-refractivity contribution in [1.29, 1.82) is 0 Å². The summed E-state index contributed by atoms with van der Waals surface area (Å²) in [5, 5.41) is 10.7. The molecule has 0 unspecified atom stereocenters. The Morgan fingerprint density at radius 2 is 2.28 bits per heavy atom. The van der Waals surface area contributed by atoms with E-state index in [4.69, 9.17) is 9.47 Å². The first-order valence-corrected chi connectivity index (χ1v) is 5.65. The molecule has 0 aliphatic carbocycles. The van der Waals surface area contributed by atoms with E-state index in [1.807, 2.05) is 0 Å². The lowest BCUT2D eigenvalue weighted by molar-refractivity contribution is -0.385. The van der Waals surface area contributed by atoms with Crippen molar-refractivity contribution in [2.75, 3.05) is 38.3 Å². The molecule has 0 saturated carbocycles. The smallest absolute Gasteiger partial charge is 0.291 e. The zero-order valence-corrected chi connectivity index (χ0v) is 9.96. The molecule has 2 aliphatic heterocycles. The van der Waals surface area contributed by atoms with Crippen LogP contribution in [0.5, 0.6) is 5.75 Å². The van der Waals surface area contributed by atoms with Crippen LogP contribution in [0.15, 0.2) is 12.3 Å². The summed E-state index contributed by atoms with van der Waals surface area (Å²) in [6, 6.07) is 1.41. The summed E-state index contributed by atoms with van der Waals surface area (Å²) < 4.78 is 10.4. The van der Waals surface area contributed by atoms with Gasteiger partial charge in [0.05, 0.1) is 36.7 Å². The number of rotatable bonds is 3. The van der Waals surface area contributed by atoms with Crippen molar-refractivity contribution >= 4 is 11.5 Å². The maximum Gasteiger partial charge on any atom is 0.291 e. The summed E-state index contributed by atoms with van der Waals surface area (Å²) in [7, 11) is 1.49. The average molecular weight is 251 g/mol. The molecule has 1 aromatic heterocycles. The summed E-state index contributed by atoms with van der Waals surface area (Å²) in [6.45, 7) is 3.32. The van der Waals surface area contributed by atoms with Crippen molar-refractivity contribution in [2.24, 2.45) is 5.41 Å². The monoisotopic (exact) mass is 251 g/mol. The molecule has 2 fully saturated rings. The number of aromatic nitrogens is 1. The Balaban J connectivity index is 1.82. The normalized spacial score (nSPS) is 20.2. The molecule has 3 heterocycles. The van der Waals surface area contributed by atoms with Crippen LogP contribution in [0.2, 0.25) is 0 Å². The maximum atomic E-state index is 10.7. The van der Waals surface area contributed by atoms with Crippen LogP contribution in [0.25, 0.3) is 0 Å². The van der Waals surface area contributed by atoms with Crippen LogP contribution in [0.4, 0.5) is 11.5 Å². The molecule has 0 radical (unpaired) electrons. The number of nitrogens with zero attached hydrogens (tertiary/aromatic N) is 3. The predicted molar refractivity (Wildman–Crippen MR) is 62.9 cm³/mol. The fourth-order valence-corrected chi connectivity index (χ4v) is 2.40. The number of anilines is 1. The highest BCUT2D eigenvalue weighted by Crippen LogP contribution is 2.42. The molecule has 0 atom stereocenters. The number of methoxy groups -OCH3 is 1. The summed E-state index contributed by atoms with van der Waals surface area (Å²) in [5.74, 6) is 1.11. The van der Waals surface area contributed by atoms with E-state index in [9.17, 15) is 10.1 Å². The molecular formula is C11H13N3O4. The van der Waals surface area contributed by atoms with Crippen molar-refractivity contribution in [3.05, 3.63) is 22.4 Å². The van der Waals surface area contributed by atoms with Crippen molar-refractivity contribution < 1.29 is 14.4 Å². The fourth-order valence-electron chi connectivity index (χ4n) is 2.40. The molecular weight excluding hydrogens is 238 g/mol. The first kappa shape index (κ1) is 11.2. The standard InChI is InChI=1S/C11H13N3O4/c1-17-9-2-8(14(15)16)3-12-10(9)13-4-11(5-13)6-18-7-11/h2-3H,4-7H2,1H3. The van der Waals surface area contributed by atoms with Gasteiger partial charge in [-0.05, 0) is 0 Å². The van der Waals surface area contributed by atoms with Crippen molar-refractivity contribution in [3.63, 3.8) is 0 Å². The summed E-state index contributed by atoms with van der Waals surface area (Å²) >= 11 is 0. The van der Waals surface area contributed by atoms with Gasteiger partial charge in [-0.2, -0.15) is 0 Å². The summed E-state index contributed by atoms with van der Waals surface area (Å²) in [4.78, 5) is 16.4. The van der Waals surface area contributed by atoms with Gasteiger partial charge in [0.1, 0.15) is 6.20 Å². The second kappa shape index (κ2) is 3.81. The first-order chi connectivity index (χ1) is 8.63. The highest BCUT2D eigenvalue weighted by atomic mass is 16.6. The number of pyridine rings is 1. The number of hydrogen-bond donors (Lipinski definition) is 0. The average Bonchev–Trinajstić information content (AvgIpc) is 2.25. The van der Waals surface area contributed by atoms with Gasteiger partial charge in [-0.3, -0.25) is 10.1 Å². The van der Waals surface area contributed by atoms with Gasteiger partial charge in [-0.25, -0.2) is 4.98 Å².